The molecule has 0 saturated heterocycles. The largest absolute Gasteiger partial charge is 0.465 e. The first-order chi connectivity index (χ1) is 11.6. The van der Waals surface area contributed by atoms with Gasteiger partial charge in [-0.05, 0) is 37.3 Å². The summed E-state index contributed by atoms with van der Waals surface area (Å²) < 4.78 is 68.9. The molecule has 0 N–H and O–H groups in total. The van der Waals surface area contributed by atoms with Gasteiger partial charge in [-0.15, -0.1) is 11.3 Å². The Balaban J connectivity index is 2.38. The summed E-state index contributed by atoms with van der Waals surface area (Å²) in [6, 6.07) is 5.01. The molecule has 2 aromatic rings. The third kappa shape index (κ3) is 3.96. The van der Waals surface area contributed by atoms with E-state index >= 15 is 0 Å². The number of thiophene rings is 1. The smallest absolute Gasteiger partial charge is 0.416 e. The Morgan fingerprint density at radius 2 is 1.84 bits per heavy atom. The van der Waals surface area contributed by atoms with Crippen LogP contribution < -0.4 is 4.31 Å². The van der Waals surface area contributed by atoms with Gasteiger partial charge < -0.3 is 4.74 Å². The molecular formula is C15H14F3NO4S2. The van der Waals surface area contributed by atoms with Crippen LogP contribution in [0.2, 0.25) is 0 Å². The first kappa shape index (κ1) is 19.3. The van der Waals surface area contributed by atoms with Gasteiger partial charge in [0.15, 0.2) is 0 Å². The Hall–Kier alpha value is -2.07. The van der Waals surface area contributed by atoms with Crippen molar-refractivity contribution in [2.75, 3.05) is 18.0 Å². The molecule has 1 aromatic heterocycles. The van der Waals surface area contributed by atoms with Crippen molar-refractivity contribution < 1.29 is 31.1 Å². The molecule has 0 saturated carbocycles. The average Bonchev–Trinajstić information content (AvgIpc) is 3.05. The van der Waals surface area contributed by atoms with Crippen LogP contribution in [0.1, 0.15) is 22.2 Å². The van der Waals surface area contributed by atoms with Gasteiger partial charge in [-0.1, -0.05) is 0 Å². The topological polar surface area (TPSA) is 63.7 Å². The van der Waals surface area contributed by atoms with Gasteiger partial charge in [0.25, 0.3) is 10.0 Å². The number of alkyl halides is 3. The van der Waals surface area contributed by atoms with Crippen molar-refractivity contribution in [1.29, 1.82) is 0 Å². The van der Waals surface area contributed by atoms with E-state index in [4.69, 9.17) is 0 Å². The zero-order valence-electron chi connectivity index (χ0n) is 13.2. The molecule has 0 radical (unpaired) electrons. The molecule has 0 bridgehead atoms. The van der Waals surface area contributed by atoms with Gasteiger partial charge >= 0.3 is 12.1 Å². The molecule has 0 amide bonds. The van der Waals surface area contributed by atoms with E-state index in [-0.39, 0.29) is 22.0 Å². The second kappa shape index (κ2) is 7.04. The van der Waals surface area contributed by atoms with Gasteiger partial charge in [0.1, 0.15) is 4.88 Å². The van der Waals surface area contributed by atoms with E-state index in [1.165, 1.54) is 18.6 Å². The second-order valence-electron chi connectivity index (χ2n) is 4.85. The van der Waals surface area contributed by atoms with Crippen LogP contribution in [0.4, 0.5) is 18.9 Å². The highest BCUT2D eigenvalue weighted by Gasteiger charge is 2.31. The lowest BCUT2D eigenvalue weighted by Gasteiger charge is -2.22. The number of benzene rings is 1. The van der Waals surface area contributed by atoms with Crippen molar-refractivity contribution in [1.82, 2.24) is 0 Å². The molecule has 5 nitrogen and oxygen atoms in total. The minimum absolute atomic E-state index is 0.0110. The van der Waals surface area contributed by atoms with Crippen LogP contribution in [0, 0.1) is 0 Å². The molecule has 1 heterocycles. The van der Waals surface area contributed by atoms with Gasteiger partial charge in [0.05, 0.1) is 23.3 Å². The number of nitrogens with zero attached hydrogens (tertiary/aromatic N) is 1. The lowest BCUT2D eigenvalue weighted by Crippen LogP contribution is -2.30. The monoisotopic (exact) mass is 393 g/mol. The third-order valence-corrected chi connectivity index (χ3v) is 6.26. The van der Waals surface area contributed by atoms with Crippen LogP contribution in [0.15, 0.2) is 40.6 Å². The summed E-state index contributed by atoms with van der Waals surface area (Å²) in [5, 5.41) is 1.29. The van der Waals surface area contributed by atoms with Crippen LogP contribution >= 0.6 is 11.3 Å². The first-order valence-electron chi connectivity index (χ1n) is 6.98. The van der Waals surface area contributed by atoms with E-state index in [9.17, 15) is 26.4 Å². The fraction of sp³-hybridized carbons (Fsp3) is 0.267. The first-order valence-corrected chi connectivity index (χ1v) is 9.30. The van der Waals surface area contributed by atoms with Crippen molar-refractivity contribution in [2.24, 2.45) is 0 Å². The normalized spacial score (nSPS) is 12.0. The third-order valence-electron chi connectivity index (χ3n) is 3.32. The molecule has 0 atom stereocenters. The van der Waals surface area contributed by atoms with Crippen molar-refractivity contribution in [2.45, 2.75) is 18.0 Å². The number of methoxy groups -OCH3 is 1. The summed E-state index contributed by atoms with van der Waals surface area (Å²) >= 11 is 0.909. The molecule has 0 aliphatic heterocycles. The zero-order valence-corrected chi connectivity index (χ0v) is 14.8. The van der Waals surface area contributed by atoms with Crippen LogP contribution in [0.25, 0.3) is 0 Å². The standard InChI is InChI=1S/C15H14F3NO4S2/c1-3-19(11-6-4-10(5-7-11)15(16,17)18)25(21,22)12-8-13(24-9-12)14(20)23-2/h4-9H,3H2,1-2H3. The molecule has 2 rings (SSSR count). The maximum atomic E-state index is 12.7. The SMILES string of the molecule is CCN(c1ccc(C(F)(F)F)cc1)S(=O)(=O)c1csc(C(=O)OC)c1. The van der Waals surface area contributed by atoms with E-state index in [1.807, 2.05) is 0 Å². The van der Waals surface area contributed by atoms with Crippen molar-refractivity contribution in [3.05, 3.63) is 46.2 Å². The van der Waals surface area contributed by atoms with Gasteiger partial charge in [-0.25, -0.2) is 13.2 Å². The van der Waals surface area contributed by atoms with E-state index < -0.39 is 27.7 Å². The maximum absolute atomic E-state index is 12.7. The van der Waals surface area contributed by atoms with Crippen LogP contribution in [-0.2, 0) is 20.9 Å². The Bertz CT molecular complexity index is 858. The number of rotatable bonds is 5. The Labute approximate surface area is 146 Å². The maximum Gasteiger partial charge on any atom is 0.416 e. The minimum atomic E-state index is -4.50. The van der Waals surface area contributed by atoms with Crippen LogP contribution in [0.3, 0.4) is 0 Å². The fourth-order valence-corrected chi connectivity index (χ4v) is 4.75. The number of sulfonamides is 1. The predicted octanol–water partition coefficient (Wildman–Crippen LogP) is 3.77. The quantitative estimate of drug-likeness (QED) is 0.726. The number of halogens is 3. The summed E-state index contributed by atoms with van der Waals surface area (Å²) in [6.07, 6.45) is -4.50. The molecular weight excluding hydrogens is 379 g/mol. The molecule has 0 fully saturated rings. The van der Waals surface area contributed by atoms with Gasteiger partial charge in [-0.2, -0.15) is 13.2 Å². The number of carbonyl (C=O) groups is 1. The van der Waals surface area contributed by atoms with Crippen molar-refractivity contribution >= 4 is 33.0 Å². The summed E-state index contributed by atoms with van der Waals surface area (Å²) in [4.78, 5) is 11.5. The molecule has 1 aromatic carbocycles. The summed E-state index contributed by atoms with van der Waals surface area (Å²) in [7, 11) is -2.84. The minimum Gasteiger partial charge on any atom is -0.465 e. The lowest BCUT2D eigenvalue weighted by molar-refractivity contribution is -0.137. The van der Waals surface area contributed by atoms with Gasteiger partial charge in [0, 0.05) is 11.9 Å². The van der Waals surface area contributed by atoms with E-state index in [0.717, 1.165) is 39.9 Å². The molecule has 136 valence electrons. The molecule has 0 aliphatic carbocycles. The van der Waals surface area contributed by atoms with Crippen molar-refractivity contribution in [3.8, 4) is 0 Å². The highest BCUT2D eigenvalue weighted by molar-refractivity contribution is 7.93. The lowest BCUT2D eigenvalue weighted by atomic mass is 10.2. The Kier molecular flexibility index (Phi) is 5.43. The predicted molar refractivity (Wildman–Crippen MR) is 87.3 cm³/mol. The van der Waals surface area contributed by atoms with Gasteiger partial charge in [-0.3, -0.25) is 4.31 Å². The highest BCUT2D eigenvalue weighted by atomic mass is 32.2. The molecule has 10 heteroatoms. The molecule has 0 unspecified atom stereocenters. The number of ether oxygens (including phenoxy) is 1. The molecule has 0 spiro atoms. The number of carbonyl (C=O) groups excluding carboxylic acids is 1. The summed E-state index contributed by atoms with van der Waals surface area (Å²) in [6.45, 7) is 1.57. The Morgan fingerprint density at radius 3 is 2.32 bits per heavy atom. The summed E-state index contributed by atoms with van der Waals surface area (Å²) in [5.74, 6) is -0.663. The second-order valence-corrected chi connectivity index (χ2v) is 7.63. The number of esters is 1. The highest BCUT2D eigenvalue weighted by Crippen LogP contribution is 2.32. The molecule has 0 aliphatic rings. The van der Waals surface area contributed by atoms with Crippen LogP contribution in [-0.4, -0.2) is 28.0 Å². The van der Waals surface area contributed by atoms with E-state index in [0.29, 0.717) is 0 Å². The number of hydrogen-bond donors (Lipinski definition) is 0. The van der Waals surface area contributed by atoms with E-state index in [1.54, 1.807) is 6.92 Å². The van der Waals surface area contributed by atoms with Crippen LogP contribution in [0.5, 0.6) is 0 Å². The molecule has 25 heavy (non-hydrogen) atoms. The Morgan fingerprint density at radius 1 is 1.24 bits per heavy atom. The van der Waals surface area contributed by atoms with Crippen molar-refractivity contribution in [3.63, 3.8) is 0 Å². The fourth-order valence-electron chi connectivity index (χ4n) is 2.10. The number of hydrogen-bond acceptors (Lipinski definition) is 5. The van der Waals surface area contributed by atoms with Gasteiger partial charge in [0.2, 0.25) is 0 Å². The zero-order chi connectivity index (χ0) is 18.8. The summed E-state index contributed by atoms with van der Waals surface area (Å²) in [5.41, 5.74) is -0.769. The van der Waals surface area contributed by atoms with E-state index in [2.05, 4.69) is 4.74 Å². The average molecular weight is 393 g/mol. The number of anilines is 1.